The second-order valence-electron chi connectivity index (χ2n) is 6.41. The van der Waals surface area contributed by atoms with Gasteiger partial charge in [-0.1, -0.05) is 17.8 Å². The van der Waals surface area contributed by atoms with Crippen LogP contribution in [-0.2, 0) is 21.8 Å². The Morgan fingerprint density at radius 3 is 2.76 bits per heavy atom. The molecular weight excluding hydrogens is 398 g/mol. The number of aryl methyl sites for hydroxylation is 1. The van der Waals surface area contributed by atoms with Crippen LogP contribution >= 0.6 is 11.8 Å². The SMILES string of the molecule is CCOC(=O)c1ccc2c(c1)nc(SCc1c(F)ccc(C)c1F)n2CCOC. The predicted octanol–water partition coefficient (Wildman–Crippen LogP) is 4.74. The molecule has 0 saturated carbocycles. The van der Waals surface area contributed by atoms with Gasteiger partial charge in [-0.25, -0.2) is 18.6 Å². The van der Waals surface area contributed by atoms with E-state index in [1.54, 1.807) is 39.2 Å². The summed E-state index contributed by atoms with van der Waals surface area (Å²) < 4.78 is 40.6. The van der Waals surface area contributed by atoms with Crippen LogP contribution < -0.4 is 0 Å². The number of aromatic nitrogens is 2. The van der Waals surface area contributed by atoms with Gasteiger partial charge in [-0.15, -0.1) is 0 Å². The first-order valence-electron chi connectivity index (χ1n) is 9.18. The molecule has 0 saturated heterocycles. The lowest BCUT2D eigenvalue weighted by Crippen LogP contribution is -2.06. The number of nitrogens with zero attached hydrogens (tertiary/aromatic N) is 2. The molecule has 0 aliphatic carbocycles. The third-order valence-electron chi connectivity index (χ3n) is 4.47. The zero-order valence-electron chi connectivity index (χ0n) is 16.5. The highest BCUT2D eigenvalue weighted by Crippen LogP contribution is 2.30. The summed E-state index contributed by atoms with van der Waals surface area (Å²) in [4.78, 5) is 16.6. The van der Waals surface area contributed by atoms with Gasteiger partial charge in [0, 0.05) is 25.0 Å². The van der Waals surface area contributed by atoms with Gasteiger partial charge in [0.2, 0.25) is 0 Å². The molecule has 0 unspecified atom stereocenters. The zero-order chi connectivity index (χ0) is 21.0. The van der Waals surface area contributed by atoms with E-state index in [0.29, 0.717) is 35.0 Å². The van der Waals surface area contributed by atoms with Crippen molar-refractivity contribution in [3.05, 3.63) is 58.7 Å². The summed E-state index contributed by atoms with van der Waals surface area (Å²) in [5, 5.41) is 0.596. The number of hydrogen-bond acceptors (Lipinski definition) is 5. The molecule has 5 nitrogen and oxygen atoms in total. The van der Waals surface area contributed by atoms with Crippen molar-refractivity contribution in [1.82, 2.24) is 9.55 Å². The highest BCUT2D eigenvalue weighted by molar-refractivity contribution is 7.98. The molecule has 154 valence electrons. The first-order valence-corrected chi connectivity index (χ1v) is 10.2. The summed E-state index contributed by atoms with van der Waals surface area (Å²) >= 11 is 1.24. The zero-order valence-corrected chi connectivity index (χ0v) is 17.3. The van der Waals surface area contributed by atoms with E-state index in [1.807, 2.05) is 4.57 Å². The van der Waals surface area contributed by atoms with E-state index in [9.17, 15) is 13.6 Å². The number of esters is 1. The van der Waals surface area contributed by atoms with Crippen LogP contribution in [0.25, 0.3) is 11.0 Å². The Balaban J connectivity index is 1.95. The number of fused-ring (bicyclic) bond motifs is 1. The van der Waals surface area contributed by atoms with Gasteiger partial charge >= 0.3 is 5.97 Å². The van der Waals surface area contributed by atoms with Crippen LogP contribution in [0.5, 0.6) is 0 Å². The van der Waals surface area contributed by atoms with E-state index >= 15 is 0 Å². The summed E-state index contributed by atoms with van der Waals surface area (Å²) in [7, 11) is 1.60. The number of imidazole rings is 1. The number of halogens is 2. The Kier molecular flexibility index (Phi) is 6.87. The van der Waals surface area contributed by atoms with Crippen molar-refractivity contribution in [1.29, 1.82) is 0 Å². The molecule has 0 aliphatic heterocycles. The summed E-state index contributed by atoms with van der Waals surface area (Å²) in [6, 6.07) is 7.83. The molecule has 8 heteroatoms. The van der Waals surface area contributed by atoms with E-state index in [0.717, 1.165) is 5.52 Å². The Morgan fingerprint density at radius 2 is 2.03 bits per heavy atom. The van der Waals surface area contributed by atoms with Crippen molar-refractivity contribution in [2.24, 2.45) is 0 Å². The Labute approximate surface area is 172 Å². The maximum Gasteiger partial charge on any atom is 0.338 e. The van der Waals surface area contributed by atoms with Crippen molar-refractivity contribution >= 4 is 28.8 Å². The minimum atomic E-state index is -0.579. The lowest BCUT2D eigenvalue weighted by Gasteiger charge is -2.10. The molecule has 0 fully saturated rings. The maximum atomic E-state index is 14.3. The first-order chi connectivity index (χ1) is 14.0. The number of rotatable bonds is 8. The van der Waals surface area contributed by atoms with Crippen LogP contribution in [0.15, 0.2) is 35.5 Å². The Morgan fingerprint density at radius 1 is 1.24 bits per heavy atom. The molecule has 0 amide bonds. The molecule has 3 rings (SSSR count). The van der Waals surface area contributed by atoms with Crippen molar-refractivity contribution in [2.45, 2.75) is 31.3 Å². The van der Waals surface area contributed by atoms with E-state index in [-0.39, 0.29) is 17.9 Å². The third kappa shape index (κ3) is 4.59. The largest absolute Gasteiger partial charge is 0.462 e. The van der Waals surface area contributed by atoms with E-state index in [4.69, 9.17) is 9.47 Å². The molecule has 0 bridgehead atoms. The van der Waals surface area contributed by atoms with Gasteiger partial charge in [0.15, 0.2) is 5.16 Å². The number of carbonyl (C=O) groups is 1. The molecule has 1 heterocycles. The highest BCUT2D eigenvalue weighted by atomic mass is 32.2. The molecule has 0 aliphatic rings. The van der Waals surface area contributed by atoms with Crippen LogP contribution in [-0.4, -0.2) is 35.8 Å². The fourth-order valence-electron chi connectivity index (χ4n) is 2.94. The van der Waals surface area contributed by atoms with Crippen molar-refractivity contribution in [3.63, 3.8) is 0 Å². The minimum Gasteiger partial charge on any atom is -0.462 e. The van der Waals surface area contributed by atoms with Crippen LogP contribution in [0.3, 0.4) is 0 Å². The van der Waals surface area contributed by atoms with Crippen LogP contribution in [0.4, 0.5) is 8.78 Å². The van der Waals surface area contributed by atoms with Gasteiger partial charge in [0.05, 0.1) is 29.8 Å². The highest BCUT2D eigenvalue weighted by Gasteiger charge is 2.17. The maximum absolute atomic E-state index is 14.3. The standard InChI is InChI=1S/C21H22F2N2O3S/c1-4-28-20(26)14-6-8-18-17(11-14)24-21(25(18)9-10-27-3)29-12-15-16(22)7-5-13(2)19(15)23/h5-8,11H,4,9-10,12H2,1-3H3. The van der Waals surface area contributed by atoms with Crippen LogP contribution in [0.2, 0.25) is 0 Å². The average molecular weight is 420 g/mol. The first kappa shape index (κ1) is 21.3. The second-order valence-corrected chi connectivity index (χ2v) is 7.35. The van der Waals surface area contributed by atoms with Gasteiger partial charge < -0.3 is 14.0 Å². The Hall–Kier alpha value is -2.45. The van der Waals surface area contributed by atoms with Crippen molar-refractivity contribution < 1.29 is 23.0 Å². The topological polar surface area (TPSA) is 53.3 Å². The summed E-state index contributed by atoms with van der Waals surface area (Å²) in [5.74, 6) is -1.44. The average Bonchev–Trinajstić information content (AvgIpc) is 3.06. The fraction of sp³-hybridized carbons (Fsp3) is 0.333. The van der Waals surface area contributed by atoms with Gasteiger partial charge in [-0.3, -0.25) is 0 Å². The summed E-state index contributed by atoms with van der Waals surface area (Å²) in [6.07, 6.45) is 0. The van der Waals surface area contributed by atoms with Crippen molar-refractivity contribution in [3.8, 4) is 0 Å². The van der Waals surface area contributed by atoms with Gasteiger partial charge in [0.1, 0.15) is 11.6 Å². The molecule has 0 N–H and O–H groups in total. The smallest absolute Gasteiger partial charge is 0.338 e. The molecule has 29 heavy (non-hydrogen) atoms. The molecule has 0 radical (unpaired) electrons. The third-order valence-corrected chi connectivity index (χ3v) is 5.47. The predicted molar refractivity (Wildman–Crippen MR) is 108 cm³/mol. The number of hydrogen-bond donors (Lipinski definition) is 0. The van der Waals surface area contributed by atoms with E-state index in [1.165, 1.54) is 23.9 Å². The van der Waals surface area contributed by atoms with E-state index in [2.05, 4.69) is 4.98 Å². The van der Waals surface area contributed by atoms with Gasteiger partial charge in [-0.2, -0.15) is 0 Å². The lowest BCUT2D eigenvalue weighted by molar-refractivity contribution is 0.0526. The lowest BCUT2D eigenvalue weighted by atomic mass is 10.1. The Bertz CT molecular complexity index is 1040. The molecule has 0 atom stereocenters. The molecule has 3 aromatic rings. The van der Waals surface area contributed by atoms with Crippen LogP contribution in [0, 0.1) is 18.6 Å². The van der Waals surface area contributed by atoms with Crippen LogP contribution in [0.1, 0.15) is 28.4 Å². The van der Waals surface area contributed by atoms with Crippen molar-refractivity contribution in [2.75, 3.05) is 20.3 Å². The molecule has 1 aromatic heterocycles. The monoisotopic (exact) mass is 420 g/mol. The fourth-order valence-corrected chi connectivity index (χ4v) is 3.99. The molecular formula is C21H22F2N2O3S. The summed E-state index contributed by atoms with van der Waals surface area (Å²) in [5.41, 5.74) is 2.24. The summed E-state index contributed by atoms with van der Waals surface area (Å²) in [6.45, 7) is 4.61. The minimum absolute atomic E-state index is 0.0209. The van der Waals surface area contributed by atoms with Gasteiger partial charge in [-0.05, 0) is 43.7 Å². The quantitative estimate of drug-likeness (QED) is 0.389. The normalized spacial score (nSPS) is 11.2. The number of thioether (sulfide) groups is 1. The molecule has 0 spiro atoms. The number of methoxy groups -OCH3 is 1. The second kappa shape index (κ2) is 9.37. The number of ether oxygens (including phenoxy) is 2. The van der Waals surface area contributed by atoms with Gasteiger partial charge in [0.25, 0.3) is 0 Å². The number of benzene rings is 2. The molecule has 2 aromatic carbocycles. The van der Waals surface area contributed by atoms with E-state index < -0.39 is 17.6 Å². The number of carbonyl (C=O) groups excluding carboxylic acids is 1.